The summed E-state index contributed by atoms with van der Waals surface area (Å²) in [5, 5.41) is 9.43. The molecule has 1 aromatic carbocycles. The molecule has 5 heteroatoms. The lowest BCUT2D eigenvalue weighted by Gasteiger charge is -2.03. The van der Waals surface area contributed by atoms with Crippen LogP contribution in [0.4, 0.5) is 0 Å². The summed E-state index contributed by atoms with van der Waals surface area (Å²) in [6.45, 7) is 1.29. The van der Waals surface area contributed by atoms with E-state index < -0.39 is 5.91 Å². The number of aromatic hydroxyl groups is 1. The lowest BCUT2D eigenvalue weighted by atomic mass is 10.2. The summed E-state index contributed by atoms with van der Waals surface area (Å²) in [6.07, 6.45) is 0. The molecule has 0 aliphatic heterocycles. The third-order valence-corrected chi connectivity index (χ3v) is 2.01. The molecule has 0 fully saturated rings. The number of hydrogen-bond donors (Lipinski definition) is 2. The van der Waals surface area contributed by atoms with Gasteiger partial charge < -0.3 is 10.8 Å². The van der Waals surface area contributed by atoms with E-state index >= 15 is 0 Å². The van der Waals surface area contributed by atoms with E-state index in [0.29, 0.717) is 5.56 Å². The number of carbonyl (C=O) groups is 1. The standard InChI is InChI=1S/C9H9BrN2O2/c1-5(13)12-9(11)7-4-6(10)2-3-8(7)14/h2-4,14H,1H3,(H2,11,12,13). The lowest BCUT2D eigenvalue weighted by Crippen LogP contribution is -2.15. The molecule has 1 aromatic rings. The van der Waals surface area contributed by atoms with Gasteiger partial charge in [-0.05, 0) is 18.2 Å². The van der Waals surface area contributed by atoms with Gasteiger partial charge in [0.25, 0.3) is 0 Å². The van der Waals surface area contributed by atoms with Crippen molar-refractivity contribution in [2.75, 3.05) is 0 Å². The van der Waals surface area contributed by atoms with Crippen LogP contribution in [0.2, 0.25) is 0 Å². The first-order chi connectivity index (χ1) is 6.50. The Morgan fingerprint density at radius 1 is 1.57 bits per heavy atom. The number of amidine groups is 1. The van der Waals surface area contributed by atoms with Gasteiger partial charge in [-0.15, -0.1) is 0 Å². The molecular weight excluding hydrogens is 248 g/mol. The Labute approximate surface area is 89.6 Å². The van der Waals surface area contributed by atoms with Crippen molar-refractivity contribution in [2.24, 2.45) is 10.7 Å². The highest BCUT2D eigenvalue weighted by molar-refractivity contribution is 9.10. The maximum atomic E-state index is 10.7. The van der Waals surface area contributed by atoms with Crippen LogP contribution >= 0.6 is 15.9 Å². The van der Waals surface area contributed by atoms with E-state index in [0.717, 1.165) is 4.47 Å². The number of hydrogen-bond acceptors (Lipinski definition) is 2. The maximum Gasteiger partial charge on any atom is 0.244 e. The number of carbonyl (C=O) groups excluding carboxylic acids is 1. The molecule has 1 amide bonds. The molecule has 3 N–H and O–H groups in total. The molecule has 0 aliphatic carbocycles. The van der Waals surface area contributed by atoms with E-state index in [1.54, 1.807) is 12.1 Å². The molecule has 0 atom stereocenters. The summed E-state index contributed by atoms with van der Waals surface area (Å²) in [5.74, 6) is -0.395. The fraction of sp³-hybridized carbons (Fsp3) is 0.111. The fourth-order valence-electron chi connectivity index (χ4n) is 0.943. The SMILES string of the molecule is CC(=O)N=C(N)c1cc(Br)ccc1O. The predicted molar refractivity (Wildman–Crippen MR) is 57.2 cm³/mol. The minimum atomic E-state index is -0.401. The molecule has 0 heterocycles. The monoisotopic (exact) mass is 256 g/mol. The van der Waals surface area contributed by atoms with Crippen LogP contribution in [0.3, 0.4) is 0 Å². The number of rotatable bonds is 1. The maximum absolute atomic E-state index is 10.7. The molecule has 4 nitrogen and oxygen atoms in total. The Kier molecular flexibility index (Phi) is 3.24. The van der Waals surface area contributed by atoms with Crippen LogP contribution < -0.4 is 5.73 Å². The average Bonchev–Trinajstić information content (AvgIpc) is 2.08. The zero-order valence-corrected chi connectivity index (χ0v) is 9.08. The van der Waals surface area contributed by atoms with Crippen molar-refractivity contribution in [1.82, 2.24) is 0 Å². The van der Waals surface area contributed by atoms with Crippen LogP contribution in [0.5, 0.6) is 5.75 Å². The van der Waals surface area contributed by atoms with Crippen LogP contribution in [-0.2, 0) is 4.79 Å². The molecular formula is C9H9BrN2O2. The molecule has 0 saturated carbocycles. The lowest BCUT2D eigenvalue weighted by molar-refractivity contribution is -0.115. The van der Waals surface area contributed by atoms with Gasteiger partial charge in [0.2, 0.25) is 5.91 Å². The van der Waals surface area contributed by atoms with Crippen molar-refractivity contribution in [1.29, 1.82) is 0 Å². The number of benzene rings is 1. The molecule has 1 rings (SSSR count). The van der Waals surface area contributed by atoms with Gasteiger partial charge >= 0.3 is 0 Å². The van der Waals surface area contributed by atoms with E-state index in [1.807, 2.05) is 0 Å². The minimum absolute atomic E-state index is 0.00398. The molecule has 0 spiro atoms. The predicted octanol–water partition coefficient (Wildman–Crippen LogP) is 1.41. The van der Waals surface area contributed by atoms with E-state index in [9.17, 15) is 9.90 Å². The second-order valence-electron chi connectivity index (χ2n) is 2.68. The Balaban J connectivity index is 3.18. The van der Waals surface area contributed by atoms with Gasteiger partial charge in [0.1, 0.15) is 11.6 Å². The van der Waals surface area contributed by atoms with Gasteiger partial charge in [-0.3, -0.25) is 4.79 Å². The van der Waals surface area contributed by atoms with Gasteiger partial charge in [-0.1, -0.05) is 15.9 Å². The smallest absolute Gasteiger partial charge is 0.244 e. The Bertz CT molecular complexity index is 402. The van der Waals surface area contributed by atoms with Crippen LogP contribution in [0.15, 0.2) is 27.7 Å². The van der Waals surface area contributed by atoms with Crippen molar-refractivity contribution in [3.8, 4) is 5.75 Å². The average molecular weight is 257 g/mol. The number of nitrogens with two attached hydrogens (primary N) is 1. The molecule has 0 unspecified atom stereocenters. The minimum Gasteiger partial charge on any atom is -0.507 e. The second-order valence-corrected chi connectivity index (χ2v) is 3.59. The summed E-state index contributed by atoms with van der Waals surface area (Å²) >= 11 is 3.22. The van der Waals surface area contributed by atoms with Crippen molar-refractivity contribution in [3.63, 3.8) is 0 Å². The number of amides is 1. The number of aliphatic imine (C=N–C) groups is 1. The highest BCUT2D eigenvalue weighted by Gasteiger charge is 2.06. The summed E-state index contributed by atoms with van der Waals surface area (Å²) in [7, 11) is 0. The van der Waals surface area contributed by atoms with Crippen LogP contribution in [0, 0.1) is 0 Å². The Morgan fingerprint density at radius 3 is 2.79 bits per heavy atom. The molecule has 0 bridgehead atoms. The van der Waals surface area contributed by atoms with Crippen molar-refractivity contribution < 1.29 is 9.90 Å². The summed E-state index contributed by atoms with van der Waals surface area (Å²) in [4.78, 5) is 14.2. The van der Waals surface area contributed by atoms with Crippen molar-refractivity contribution >= 4 is 27.7 Å². The van der Waals surface area contributed by atoms with Crippen LogP contribution in [0.1, 0.15) is 12.5 Å². The largest absolute Gasteiger partial charge is 0.507 e. The van der Waals surface area contributed by atoms with E-state index in [2.05, 4.69) is 20.9 Å². The molecule has 0 saturated heterocycles. The molecule has 0 radical (unpaired) electrons. The summed E-state index contributed by atoms with van der Waals surface area (Å²) in [5.41, 5.74) is 5.86. The first-order valence-corrected chi connectivity index (χ1v) is 4.63. The van der Waals surface area contributed by atoms with E-state index in [4.69, 9.17) is 5.73 Å². The van der Waals surface area contributed by atoms with Crippen molar-refractivity contribution in [2.45, 2.75) is 6.92 Å². The summed E-state index contributed by atoms with van der Waals surface area (Å²) < 4.78 is 0.756. The first kappa shape index (κ1) is 10.7. The van der Waals surface area contributed by atoms with E-state index in [1.165, 1.54) is 13.0 Å². The summed E-state index contributed by atoms with van der Waals surface area (Å²) in [6, 6.07) is 4.74. The number of phenols is 1. The topological polar surface area (TPSA) is 75.7 Å². The fourth-order valence-corrected chi connectivity index (χ4v) is 1.30. The van der Waals surface area contributed by atoms with Crippen molar-refractivity contribution in [3.05, 3.63) is 28.2 Å². The highest BCUT2D eigenvalue weighted by atomic mass is 79.9. The number of phenolic OH excluding ortho intramolecular Hbond substituents is 1. The third-order valence-electron chi connectivity index (χ3n) is 1.51. The second kappa shape index (κ2) is 4.23. The van der Waals surface area contributed by atoms with Gasteiger partial charge in [0.15, 0.2) is 0 Å². The zero-order chi connectivity index (χ0) is 10.7. The Morgan fingerprint density at radius 2 is 2.21 bits per heavy atom. The number of halogens is 1. The van der Waals surface area contributed by atoms with Gasteiger partial charge in [0, 0.05) is 11.4 Å². The molecule has 14 heavy (non-hydrogen) atoms. The van der Waals surface area contributed by atoms with Gasteiger partial charge in [-0.25, -0.2) is 0 Å². The zero-order valence-electron chi connectivity index (χ0n) is 7.49. The number of nitrogens with zero attached hydrogens (tertiary/aromatic N) is 1. The van der Waals surface area contributed by atoms with Gasteiger partial charge in [0.05, 0.1) is 5.56 Å². The molecule has 0 aliphatic rings. The molecule has 74 valence electrons. The van der Waals surface area contributed by atoms with Crippen LogP contribution in [0.25, 0.3) is 0 Å². The van der Waals surface area contributed by atoms with E-state index in [-0.39, 0.29) is 11.6 Å². The first-order valence-electron chi connectivity index (χ1n) is 3.84. The highest BCUT2D eigenvalue weighted by Crippen LogP contribution is 2.21. The third kappa shape index (κ3) is 2.56. The van der Waals surface area contributed by atoms with Gasteiger partial charge in [-0.2, -0.15) is 4.99 Å². The Hall–Kier alpha value is -1.36. The normalized spacial score (nSPS) is 11.4. The van der Waals surface area contributed by atoms with Crippen LogP contribution in [-0.4, -0.2) is 16.8 Å². The quantitative estimate of drug-likeness (QED) is 0.589. The molecule has 0 aromatic heterocycles.